The van der Waals surface area contributed by atoms with E-state index in [9.17, 15) is 0 Å². The number of para-hydroxylation sites is 1. The molecule has 5 heteroatoms. The van der Waals surface area contributed by atoms with Crippen LogP contribution in [0.2, 0.25) is 0 Å². The number of nitrogens with one attached hydrogen (secondary N) is 2. The first kappa shape index (κ1) is 12.4. The topological polar surface area (TPSA) is 54.9 Å². The molecule has 3 rings (SSSR count). The van der Waals surface area contributed by atoms with Crippen molar-refractivity contribution in [1.82, 2.24) is 5.32 Å². The molecule has 5 nitrogen and oxygen atoms in total. The van der Waals surface area contributed by atoms with Crippen molar-refractivity contribution in [2.75, 3.05) is 38.2 Å². The van der Waals surface area contributed by atoms with Gasteiger partial charge in [-0.15, -0.1) is 0 Å². The molecule has 2 N–H and O–H groups in total. The Kier molecular flexibility index (Phi) is 3.66. The van der Waals surface area contributed by atoms with Gasteiger partial charge in [0.15, 0.2) is 5.96 Å². The van der Waals surface area contributed by atoms with Crippen molar-refractivity contribution in [1.29, 1.82) is 0 Å². The van der Waals surface area contributed by atoms with Gasteiger partial charge in [-0.3, -0.25) is 4.99 Å². The van der Waals surface area contributed by atoms with Crippen molar-refractivity contribution >= 4 is 11.6 Å². The smallest absolute Gasteiger partial charge is 0.195 e. The van der Waals surface area contributed by atoms with Crippen molar-refractivity contribution in [3.05, 3.63) is 29.3 Å². The highest BCUT2D eigenvalue weighted by Gasteiger charge is 2.21. The fraction of sp³-hybridized carbons (Fsp3) is 0.500. The molecule has 2 aliphatic rings. The van der Waals surface area contributed by atoms with E-state index in [-0.39, 0.29) is 6.10 Å². The average molecular weight is 261 g/mol. The SMILES string of the molecule is Cc1cccc(C2COCCO2)c1NC1=NCCN1. The van der Waals surface area contributed by atoms with Crippen LogP contribution in [0.15, 0.2) is 23.2 Å². The molecule has 0 saturated carbocycles. The minimum atomic E-state index is -0.00171. The second-order valence-electron chi connectivity index (χ2n) is 4.76. The third kappa shape index (κ3) is 2.72. The molecule has 2 heterocycles. The largest absolute Gasteiger partial charge is 0.376 e. The van der Waals surface area contributed by atoms with Gasteiger partial charge in [0.25, 0.3) is 0 Å². The molecular weight excluding hydrogens is 242 g/mol. The first-order chi connectivity index (χ1) is 9.34. The number of aryl methyl sites for hydroxylation is 1. The molecule has 0 aliphatic carbocycles. The predicted molar refractivity (Wildman–Crippen MR) is 74.6 cm³/mol. The fourth-order valence-electron chi connectivity index (χ4n) is 2.40. The van der Waals surface area contributed by atoms with E-state index in [0.29, 0.717) is 19.8 Å². The van der Waals surface area contributed by atoms with Crippen LogP contribution in [-0.2, 0) is 9.47 Å². The summed E-state index contributed by atoms with van der Waals surface area (Å²) in [6.07, 6.45) is -0.00171. The van der Waals surface area contributed by atoms with E-state index in [2.05, 4.69) is 40.7 Å². The Morgan fingerprint density at radius 1 is 1.37 bits per heavy atom. The summed E-state index contributed by atoms with van der Waals surface area (Å²) in [4.78, 5) is 4.38. The van der Waals surface area contributed by atoms with Gasteiger partial charge in [0.2, 0.25) is 0 Å². The number of aliphatic imine (C=N–C) groups is 1. The third-order valence-corrected chi connectivity index (χ3v) is 3.39. The Morgan fingerprint density at radius 3 is 3.05 bits per heavy atom. The number of ether oxygens (including phenoxy) is 2. The molecule has 0 spiro atoms. The minimum Gasteiger partial charge on any atom is -0.376 e. The minimum absolute atomic E-state index is 0.00171. The first-order valence-electron chi connectivity index (χ1n) is 6.69. The van der Waals surface area contributed by atoms with Gasteiger partial charge < -0.3 is 20.1 Å². The van der Waals surface area contributed by atoms with Crippen molar-refractivity contribution < 1.29 is 9.47 Å². The van der Waals surface area contributed by atoms with E-state index in [0.717, 1.165) is 30.3 Å². The highest BCUT2D eigenvalue weighted by molar-refractivity contribution is 5.96. The highest BCUT2D eigenvalue weighted by Crippen LogP contribution is 2.30. The molecule has 1 aromatic rings. The highest BCUT2D eigenvalue weighted by atomic mass is 16.6. The number of benzene rings is 1. The number of hydrogen-bond acceptors (Lipinski definition) is 5. The number of guanidine groups is 1. The lowest BCUT2D eigenvalue weighted by molar-refractivity contribution is -0.0898. The second-order valence-corrected chi connectivity index (χ2v) is 4.76. The van der Waals surface area contributed by atoms with E-state index in [1.165, 1.54) is 5.56 Å². The van der Waals surface area contributed by atoms with Crippen molar-refractivity contribution in [2.45, 2.75) is 13.0 Å². The van der Waals surface area contributed by atoms with Crippen LogP contribution in [0.25, 0.3) is 0 Å². The van der Waals surface area contributed by atoms with Crippen molar-refractivity contribution in [2.24, 2.45) is 4.99 Å². The quantitative estimate of drug-likeness (QED) is 0.846. The van der Waals surface area contributed by atoms with Gasteiger partial charge in [-0.05, 0) is 12.5 Å². The average Bonchev–Trinajstić information content (AvgIpc) is 2.95. The Hall–Kier alpha value is -1.59. The lowest BCUT2D eigenvalue weighted by atomic mass is 10.0. The maximum Gasteiger partial charge on any atom is 0.195 e. The summed E-state index contributed by atoms with van der Waals surface area (Å²) in [7, 11) is 0. The van der Waals surface area contributed by atoms with Gasteiger partial charge in [-0.1, -0.05) is 18.2 Å². The molecule has 0 bridgehead atoms. The zero-order valence-corrected chi connectivity index (χ0v) is 11.1. The van der Waals surface area contributed by atoms with Gasteiger partial charge in [0.1, 0.15) is 6.10 Å². The molecule has 0 amide bonds. The zero-order chi connectivity index (χ0) is 13.1. The molecule has 0 radical (unpaired) electrons. The van der Waals surface area contributed by atoms with E-state index < -0.39 is 0 Å². The Balaban J connectivity index is 1.87. The van der Waals surface area contributed by atoms with Crippen LogP contribution in [0.4, 0.5) is 5.69 Å². The van der Waals surface area contributed by atoms with Crippen LogP contribution in [-0.4, -0.2) is 38.9 Å². The van der Waals surface area contributed by atoms with Crippen LogP contribution < -0.4 is 10.6 Å². The molecule has 19 heavy (non-hydrogen) atoms. The van der Waals surface area contributed by atoms with Crippen LogP contribution in [0.3, 0.4) is 0 Å². The predicted octanol–water partition coefficient (Wildman–Crippen LogP) is 1.45. The Labute approximate surface area is 113 Å². The standard InChI is InChI=1S/C14H19N3O2/c1-10-3-2-4-11(12-9-18-7-8-19-12)13(10)17-14-15-5-6-16-14/h2-4,12H,5-9H2,1H3,(H2,15,16,17). The number of nitrogens with zero attached hydrogens (tertiary/aromatic N) is 1. The third-order valence-electron chi connectivity index (χ3n) is 3.39. The van der Waals surface area contributed by atoms with Crippen LogP contribution in [0.1, 0.15) is 17.2 Å². The van der Waals surface area contributed by atoms with Crippen LogP contribution >= 0.6 is 0 Å². The monoisotopic (exact) mass is 261 g/mol. The number of rotatable bonds is 2. The van der Waals surface area contributed by atoms with Gasteiger partial charge in [0.05, 0.1) is 26.4 Å². The number of anilines is 1. The lowest BCUT2D eigenvalue weighted by Gasteiger charge is -2.26. The second kappa shape index (κ2) is 5.59. The van der Waals surface area contributed by atoms with E-state index >= 15 is 0 Å². The van der Waals surface area contributed by atoms with Crippen molar-refractivity contribution in [3.8, 4) is 0 Å². The molecule has 1 unspecified atom stereocenters. The summed E-state index contributed by atoms with van der Waals surface area (Å²) in [5.41, 5.74) is 3.39. The maximum absolute atomic E-state index is 5.80. The van der Waals surface area contributed by atoms with Gasteiger partial charge in [-0.25, -0.2) is 0 Å². The Bertz CT molecular complexity index is 482. The van der Waals surface area contributed by atoms with Crippen LogP contribution in [0, 0.1) is 6.92 Å². The van der Waals surface area contributed by atoms with E-state index in [4.69, 9.17) is 9.47 Å². The first-order valence-corrected chi connectivity index (χ1v) is 6.69. The summed E-state index contributed by atoms with van der Waals surface area (Å²) in [6, 6.07) is 6.23. The maximum atomic E-state index is 5.80. The van der Waals surface area contributed by atoms with Gasteiger partial charge >= 0.3 is 0 Å². The fourth-order valence-corrected chi connectivity index (χ4v) is 2.40. The van der Waals surface area contributed by atoms with Gasteiger partial charge in [0, 0.05) is 17.8 Å². The summed E-state index contributed by atoms with van der Waals surface area (Å²) < 4.78 is 11.3. The van der Waals surface area contributed by atoms with Crippen LogP contribution in [0.5, 0.6) is 0 Å². The Morgan fingerprint density at radius 2 is 2.32 bits per heavy atom. The molecule has 0 aromatic heterocycles. The zero-order valence-electron chi connectivity index (χ0n) is 11.1. The molecule has 1 saturated heterocycles. The summed E-state index contributed by atoms with van der Waals surface area (Å²) in [5.74, 6) is 0.840. The molecule has 102 valence electrons. The molecule has 1 aromatic carbocycles. The summed E-state index contributed by atoms with van der Waals surface area (Å²) in [6.45, 7) is 5.75. The molecule has 2 aliphatic heterocycles. The van der Waals surface area contributed by atoms with Gasteiger partial charge in [-0.2, -0.15) is 0 Å². The summed E-state index contributed by atoms with van der Waals surface area (Å²) in [5, 5.41) is 6.61. The molecule has 1 fully saturated rings. The van der Waals surface area contributed by atoms with E-state index in [1.807, 2.05) is 0 Å². The molecular formula is C14H19N3O2. The summed E-state index contributed by atoms with van der Waals surface area (Å²) >= 11 is 0. The normalized spacial score (nSPS) is 22.8. The number of hydrogen-bond donors (Lipinski definition) is 2. The lowest BCUT2D eigenvalue weighted by Crippen LogP contribution is -2.28. The molecule has 1 atom stereocenters. The van der Waals surface area contributed by atoms with Crippen molar-refractivity contribution in [3.63, 3.8) is 0 Å². The van der Waals surface area contributed by atoms with E-state index in [1.54, 1.807) is 0 Å².